The summed E-state index contributed by atoms with van der Waals surface area (Å²) in [6.45, 7) is 3.81. The average Bonchev–Trinajstić information content (AvgIpc) is 2.27. The number of halogens is 1. The maximum Gasteiger partial charge on any atom is 0.245 e. The number of nitrogens with zero attached hydrogens (tertiary/aromatic N) is 2. The Morgan fingerprint density at radius 2 is 2.05 bits per heavy atom. The fourth-order valence-corrected chi connectivity index (χ4v) is 4.25. The SMILES string of the molecule is CC1CN(C)CCN1S(=O)(=O)c1ccc(Cl)cc1N. The Labute approximate surface area is 119 Å². The van der Waals surface area contributed by atoms with E-state index in [1.54, 1.807) is 6.07 Å². The Bertz CT molecular complexity index is 576. The van der Waals surface area contributed by atoms with Crippen molar-refractivity contribution in [2.75, 3.05) is 32.4 Å². The average molecular weight is 304 g/mol. The number of nitrogens with two attached hydrogens (primary N) is 1. The van der Waals surface area contributed by atoms with Gasteiger partial charge in [0.1, 0.15) is 4.90 Å². The molecule has 0 radical (unpaired) electrons. The molecule has 19 heavy (non-hydrogen) atoms. The molecule has 1 aliphatic heterocycles. The van der Waals surface area contributed by atoms with Crippen molar-refractivity contribution in [1.29, 1.82) is 0 Å². The van der Waals surface area contributed by atoms with Crippen LogP contribution in [0.1, 0.15) is 6.92 Å². The number of benzene rings is 1. The van der Waals surface area contributed by atoms with Crippen LogP contribution in [-0.2, 0) is 10.0 Å². The number of sulfonamides is 1. The van der Waals surface area contributed by atoms with Crippen LogP contribution in [0.25, 0.3) is 0 Å². The van der Waals surface area contributed by atoms with Crippen LogP contribution in [0.15, 0.2) is 23.1 Å². The lowest BCUT2D eigenvalue weighted by Crippen LogP contribution is -2.52. The molecule has 1 heterocycles. The third-order valence-electron chi connectivity index (χ3n) is 3.33. The first-order valence-electron chi connectivity index (χ1n) is 6.08. The summed E-state index contributed by atoms with van der Waals surface area (Å²) in [5.41, 5.74) is 5.98. The summed E-state index contributed by atoms with van der Waals surface area (Å²) in [6.07, 6.45) is 0. The zero-order chi connectivity index (χ0) is 14.2. The number of hydrogen-bond acceptors (Lipinski definition) is 4. The second-order valence-electron chi connectivity index (χ2n) is 4.91. The lowest BCUT2D eigenvalue weighted by atomic mass is 10.2. The van der Waals surface area contributed by atoms with Gasteiger partial charge < -0.3 is 10.6 Å². The van der Waals surface area contributed by atoms with Gasteiger partial charge in [-0.3, -0.25) is 0 Å². The normalized spacial score (nSPS) is 22.6. The van der Waals surface area contributed by atoms with E-state index in [-0.39, 0.29) is 16.6 Å². The van der Waals surface area contributed by atoms with Crippen LogP contribution in [-0.4, -0.2) is 50.3 Å². The largest absolute Gasteiger partial charge is 0.398 e. The Morgan fingerprint density at radius 3 is 2.63 bits per heavy atom. The van der Waals surface area contributed by atoms with Crippen molar-refractivity contribution in [1.82, 2.24) is 9.21 Å². The minimum absolute atomic E-state index is 0.0705. The first-order chi connectivity index (χ1) is 8.82. The molecule has 106 valence electrons. The van der Waals surface area contributed by atoms with E-state index in [9.17, 15) is 8.42 Å². The van der Waals surface area contributed by atoms with Gasteiger partial charge in [0.25, 0.3) is 0 Å². The van der Waals surface area contributed by atoms with E-state index in [0.717, 1.165) is 6.54 Å². The van der Waals surface area contributed by atoms with Crippen LogP contribution in [0.3, 0.4) is 0 Å². The van der Waals surface area contributed by atoms with Gasteiger partial charge in [0.2, 0.25) is 10.0 Å². The zero-order valence-electron chi connectivity index (χ0n) is 11.0. The standard InChI is InChI=1S/C12H18ClN3O2S/c1-9-8-15(2)5-6-16(9)19(17,18)12-4-3-10(13)7-11(12)14/h3-4,7,9H,5-6,8,14H2,1-2H3. The highest BCUT2D eigenvalue weighted by Crippen LogP contribution is 2.27. The van der Waals surface area contributed by atoms with Gasteiger partial charge in [-0.1, -0.05) is 11.6 Å². The number of anilines is 1. The molecule has 1 saturated heterocycles. The highest BCUT2D eigenvalue weighted by molar-refractivity contribution is 7.89. The third kappa shape index (κ3) is 2.86. The Balaban J connectivity index is 2.37. The van der Waals surface area contributed by atoms with Crippen LogP contribution in [0.5, 0.6) is 0 Å². The predicted molar refractivity (Wildman–Crippen MR) is 76.7 cm³/mol. The molecule has 1 aromatic rings. The van der Waals surface area contributed by atoms with Crippen LogP contribution < -0.4 is 5.73 Å². The second kappa shape index (κ2) is 5.28. The molecule has 1 aromatic carbocycles. The van der Waals surface area contributed by atoms with Gasteiger partial charge >= 0.3 is 0 Å². The lowest BCUT2D eigenvalue weighted by molar-refractivity contribution is 0.170. The monoisotopic (exact) mass is 303 g/mol. The van der Waals surface area contributed by atoms with Gasteiger partial charge in [0.05, 0.1) is 5.69 Å². The molecule has 0 amide bonds. The van der Waals surface area contributed by atoms with E-state index in [4.69, 9.17) is 17.3 Å². The molecule has 0 bridgehead atoms. The third-order valence-corrected chi connectivity index (χ3v) is 5.65. The van der Waals surface area contributed by atoms with Gasteiger partial charge in [-0.25, -0.2) is 8.42 Å². The van der Waals surface area contributed by atoms with E-state index in [1.807, 2.05) is 14.0 Å². The predicted octanol–water partition coefficient (Wildman–Crippen LogP) is 1.25. The number of nitrogen functional groups attached to an aromatic ring is 1. The molecule has 0 spiro atoms. The highest BCUT2D eigenvalue weighted by Gasteiger charge is 2.33. The maximum atomic E-state index is 12.6. The van der Waals surface area contributed by atoms with E-state index in [2.05, 4.69) is 4.90 Å². The minimum atomic E-state index is -3.56. The van der Waals surface area contributed by atoms with Gasteiger partial charge in [-0.15, -0.1) is 0 Å². The summed E-state index contributed by atoms with van der Waals surface area (Å²) >= 11 is 5.81. The van der Waals surface area contributed by atoms with E-state index in [1.165, 1.54) is 16.4 Å². The fourth-order valence-electron chi connectivity index (χ4n) is 2.36. The van der Waals surface area contributed by atoms with Gasteiger partial charge in [0, 0.05) is 30.7 Å². The molecule has 1 unspecified atom stereocenters. The molecule has 1 atom stereocenters. The lowest BCUT2D eigenvalue weighted by Gasteiger charge is -2.37. The quantitative estimate of drug-likeness (QED) is 0.835. The molecular formula is C12H18ClN3O2S. The highest BCUT2D eigenvalue weighted by atomic mass is 35.5. The number of rotatable bonds is 2. The van der Waals surface area contributed by atoms with E-state index >= 15 is 0 Å². The number of likely N-dealkylation sites (N-methyl/N-ethyl adjacent to an activating group) is 1. The molecule has 2 N–H and O–H groups in total. The minimum Gasteiger partial charge on any atom is -0.398 e. The topological polar surface area (TPSA) is 66.6 Å². The van der Waals surface area contributed by atoms with E-state index < -0.39 is 10.0 Å². The Kier molecular flexibility index (Phi) is 4.06. The molecule has 2 rings (SSSR count). The molecular weight excluding hydrogens is 286 g/mol. The summed E-state index contributed by atoms with van der Waals surface area (Å²) in [7, 11) is -1.58. The fraction of sp³-hybridized carbons (Fsp3) is 0.500. The molecule has 1 fully saturated rings. The van der Waals surface area contributed by atoms with Crippen LogP contribution >= 0.6 is 11.6 Å². The molecule has 1 aliphatic rings. The summed E-state index contributed by atoms with van der Waals surface area (Å²) in [6, 6.07) is 4.41. The van der Waals surface area contributed by atoms with Crippen molar-refractivity contribution in [3.05, 3.63) is 23.2 Å². The van der Waals surface area contributed by atoms with Crippen molar-refractivity contribution in [3.8, 4) is 0 Å². The summed E-state index contributed by atoms with van der Waals surface area (Å²) in [4.78, 5) is 2.25. The summed E-state index contributed by atoms with van der Waals surface area (Å²) < 4.78 is 26.7. The maximum absolute atomic E-state index is 12.6. The van der Waals surface area contributed by atoms with Gasteiger partial charge in [0.15, 0.2) is 0 Å². The van der Waals surface area contributed by atoms with Crippen molar-refractivity contribution in [2.24, 2.45) is 0 Å². The smallest absolute Gasteiger partial charge is 0.245 e. The van der Waals surface area contributed by atoms with Crippen LogP contribution in [0.4, 0.5) is 5.69 Å². The van der Waals surface area contributed by atoms with Crippen LogP contribution in [0, 0.1) is 0 Å². The van der Waals surface area contributed by atoms with Crippen molar-refractivity contribution in [2.45, 2.75) is 17.9 Å². The Morgan fingerprint density at radius 1 is 1.37 bits per heavy atom. The van der Waals surface area contributed by atoms with Crippen molar-refractivity contribution < 1.29 is 8.42 Å². The Hall–Kier alpha value is -0.820. The summed E-state index contributed by atoms with van der Waals surface area (Å²) in [5, 5.41) is 0.433. The zero-order valence-corrected chi connectivity index (χ0v) is 12.6. The van der Waals surface area contributed by atoms with Crippen LogP contribution in [0.2, 0.25) is 5.02 Å². The second-order valence-corrected chi connectivity index (χ2v) is 7.20. The summed E-state index contributed by atoms with van der Waals surface area (Å²) in [5.74, 6) is 0. The molecule has 0 aliphatic carbocycles. The van der Waals surface area contributed by atoms with Gasteiger partial charge in [-0.2, -0.15) is 4.31 Å². The molecule has 0 saturated carbocycles. The van der Waals surface area contributed by atoms with Crippen molar-refractivity contribution >= 4 is 27.3 Å². The molecule has 5 nitrogen and oxygen atoms in total. The first-order valence-corrected chi connectivity index (χ1v) is 7.89. The van der Waals surface area contributed by atoms with E-state index in [0.29, 0.717) is 18.1 Å². The first kappa shape index (κ1) is 14.6. The number of hydrogen-bond donors (Lipinski definition) is 1. The van der Waals surface area contributed by atoms with Gasteiger partial charge in [-0.05, 0) is 32.2 Å². The molecule has 7 heteroatoms. The van der Waals surface area contributed by atoms with Crippen molar-refractivity contribution in [3.63, 3.8) is 0 Å². The molecule has 0 aromatic heterocycles. The number of piperazine rings is 1.